The molecule has 0 aromatic rings. The van der Waals surface area contributed by atoms with Gasteiger partial charge in [0, 0.05) is 5.41 Å². The number of aliphatic hydroxyl groups excluding tert-OH is 1. The standard InChI is InChI=1S/C20H40O/c1-7-12-18(13-8-2)19(14-9-3)20(15-10-4,16-11-5)17(6)21/h17,21H,7-16H2,1-6H3. The van der Waals surface area contributed by atoms with Crippen LogP contribution >= 0.6 is 0 Å². The van der Waals surface area contributed by atoms with Crippen molar-refractivity contribution in [3.8, 4) is 0 Å². The molecule has 0 fully saturated rings. The molecule has 1 N–H and O–H groups in total. The van der Waals surface area contributed by atoms with Gasteiger partial charge < -0.3 is 5.11 Å². The van der Waals surface area contributed by atoms with E-state index < -0.39 is 0 Å². The fraction of sp³-hybridized carbons (Fsp3) is 0.900. The second-order valence-corrected chi connectivity index (χ2v) is 6.66. The van der Waals surface area contributed by atoms with E-state index in [-0.39, 0.29) is 11.5 Å². The molecule has 0 aliphatic carbocycles. The van der Waals surface area contributed by atoms with Gasteiger partial charge >= 0.3 is 0 Å². The lowest BCUT2D eigenvalue weighted by Crippen LogP contribution is -2.36. The van der Waals surface area contributed by atoms with Gasteiger partial charge in [-0.3, -0.25) is 0 Å². The lowest BCUT2D eigenvalue weighted by atomic mass is 9.66. The van der Waals surface area contributed by atoms with E-state index >= 15 is 0 Å². The normalized spacial score (nSPS) is 13.3. The molecule has 21 heavy (non-hydrogen) atoms. The first kappa shape index (κ1) is 20.7. The lowest BCUT2D eigenvalue weighted by molar-refractivity contribution is 0.0472. The molecule has 0 amide bonds. The first-order chi connectivity index (χ1) is 10.0. The van der Waals surface area contributed by atoms with Crippen molar-refractivity contribution in [2.24, 2.45) is 5.41 Å². The molecule has 0 rings (SSSR count). The minimum atomic E-state index is -0.234. The van der Waals surface area contributed by atoms with Crippen LogP contribution in [0.25, 0.3) is 0 Å². The summed E-state index contributed by atoms with van der Waals surface area (Å²) >= 11 is 0. The highest BCUT2D eigenvalue weighted by Crippen LogP contribution is 2.46. The maximum atomic E-state index is 10.7. The first-order valence-corrected chi connectivity index (χ1v) is 9.43. The van der Waals surface area contributed by atoms with E-state index in [2.05, 4.69) is 34.6 Å². The van der Waals surface area contributed by atoms with Crippen molar-refractivity contribution in [1.82, 2.24) is 0 Å². The van der Waals surface area contributed by atoms with Crippen LogP contribution in [0, 0.1) is 5.41 Å². The van der Waals surface area contributed by atoms with E-state index in [0.717, 1.165) is 25.7 Å². The summed E-state index contributed by atoms with van der Waals surface area (Å²) in [4.78, 5) is 0. The van der Waals surface area contributed by atoms with Crippen molar-refractivity contribution in [3.63, 3.8) is 0 Å². The van der Waals surface area contributed by atoms with Gasteiger partial charge in [0.2, 0.25) is 0 Å². The van der Waals surface area contributed by atoms with Gasteiger partial charge in [-0.2, -0.15) is 0 Å². The second kappa shape index (κ2) is 11.3. The topological polar surface area (TPSA) is 20.2 Å². The molecule has 0 aromatic heterocycles. The van der Waals surface area contributed by atoms with Crippen molar-refractivity contribution in [3.05, 3.63) is 11.1 Å². The predicted molar refractivity (Wildman–Crippen MR) is 95.7 cm³/mol. The number of allylic oxidation sites excluding steroid dienone is 1. The third-order valence-electron chi connectivity index (χ3n) is 4.82. The number of hydrogen-bond acceptors (Lipinski definition) is 1. The maximum Gasteiger partial charge on any atom is 0.0605 e. The fourth-order valence-electron chi connectivity index (χ4n) is 4.05. The Hall–Kier alpha value is -0.300. The van der Waals surface area contributed by atoms with Gasteiger partial charge in [0.1, 0.15) is 0 Å². The summed E-state index contributed by atoms with van der Waals surface area (Å²) in [5.41, 5.74) is 3.30. The minimum absolute atomic E-state index is 0.0270. The summed E-state index contributed by atoms with van der Waals surface area (Å²) in [6.45, 7) is 13.4. The van der Waals surface area contributed by atoms with Gasteiger partial charge in [-0.15, -0.1) is 0 Å². The van der Waals surface area contributed by atoms with E-state index in [0.29, 0.717) is 0 Å². The molecule has 1 nitrogen and oxygen atoms in total. The Bertz CT molecular complexity index is 274. The zero-order chi connectivity index (χ0) is 16.3. The molecular formula is C20H40O. The summed E-state index contributed by atoms with van der Waals surface area (Å²) in [6, 6.07) is 0. The number of aliphatic hydroxyl groups is 1. The quantitative estimate of drug-likeness (QED) is 0.400. The molecule has 0 saturated carbocycles. The molecule has 1 unspecified atom stereocenters. The minimum Gasteiger partial charge on any atom is -0.393 e. The average Bonchev–Trinajstić information content (AvgIpc) is 2.44. The molecule has 126 valence electrons. The van der Waals surface area contributed by atoms with Crippen molar-refractivity contribution < 1.29 is 5.11 Å². The van der Waals surface area contributed by atoms with Crippen LogP contribution < -0.4 is 0 Å². The summed E-state index contributed by atoms with van der Waals surface area (Å²) in [7, 11) is 0. The van der Waals surface area contributed by atoms with Crippen LogP contribution in [0.2, 0.25) is 0 Å². The third kappa shape index (κ3) is 5.77. The zero-order valence-corrected chi connectivity index (χ0v) is 15.6. The Balaban J connectivity index is 5.91. The van der Waals surface area contributed by atoms with Gasteiger partial charge in [-0.25, -0.2) is 0 Å². The van der Waals surface area contributed by atoms with Crippen LogP contribution in [0.4, 0.5) is 0 Å². The highest BCUT2D eigenvalue weighted by molar-refractivity contribution is 5.24. The third-order valence-corrected chi connectivity index (χ3v) is 4.82. The van der Waals surface area contributed by atoms with E-state index in [1.807, 2.05) is 6.92 Å². The molecule has 0 heterocycles. The Morgan fingerprint density at radius 3 is 1.48 bits per heavy atom. The van der Waals surface area contributed by atoms with Gasteiger partial charge in [0.25, 0.3) is 0 Å². The van der Waals surface area contributed by atoms with Crippen molar-refractivity contribution in [2.75, 3.05) is 0 Å². The summed E-state index contributed by atoms with van der Waals surface area (Å²) in [6.07, 6.45) is 11.6. The molecule has 0 radical (unpaired) electrons. The second-order valence-electron chi connectivity index (χ2n) is 6.66. The molecular weight excluding hydrogens is 256 g/mol. The largest absolute Gasteiger partial charge is 0.393 e. The van der Waals surface area contributed by atoms with Gasteiger partial charge in [0.15, 0.2) is 0 Å². The SMILES string of the molecule is CCCC(CCC)=C(CCC)C(CCC)(CCC)C(C)O. The predicted octanol–water partition coefficient (Wildman–Crippen LogP) is 6.65. The van der Waals surface area contributed by atoms with Crippen LogP contribution in [0.3, 0.4) is 0 Å². The van der Waals surface area contributed by atoms with Crippen LogP contribution in [-0.4, -0.2) is 11.2 Å². The Morgan fingerprint density at radius 1 is 0.762 bits per heavy atom. The molecule has 0 aliphatic rings. The van der Waals surface area contributed by atoms with Crippen molar-refractivity contribution >= 4 is 0 Å². The molecule has 0 bridgehead atoms. The Kier molecular flexibility index (Phi) is 11.1. The zero-order valence-electron chi connectivity index (χ0n) is 15.6. The number of hydrogen-bond donors (Lipinski definition) is 1. The van der Waals surface area contributed by atoms with E-state index in [9.17, 15) is 5.11 Å². The van der Waals surface area contributed by atoms with Crippen LogP contribution in [-0.2, 0) is 0 Å². The number of rotatable bonds is 12. The van der Waals surface area contributed by atoms with Crippen molar-refractivity contribution in [2.45, 2.75) is 112 Å². The average molecular weight is 297 g/mol. The lowest BCUT2D eigenvalue weighted by Gasteiger charge is -2.41. The van der Waals surface area contributed by atoms with Crippen LogP contribution in [0.1, 0.15) is 106 Å². The maximum absolute atomic E-state index is 10.7. The monoisotopic (exact) mass is 296 g/mol. The molecule has 0 aromatic carbocycles. The Labute approximate surface area is 134 Å². The van der Waals surface area contributed by atoms with E-state index in [1.54, 1.807) is 11.1 Å². The smallest absolute Gasteiger partial charge is 0.0605 e. The summed E-state index contributed by atoms with van der Waals surface area (Å²) in [5, 5.41) is 10.7. The molecule has 0 saturated heterocycles. The summed E-state index contributed by atoms with van der Waals surface area (Å²) < 4.78 is 0. The summed E-state index contributed by atoms with van der Waals surface area (Å²) in [5.74, 6) is 0. The molecule has 1 atom stereocenters. The Morgan fingerprint density at radius 2 is 1.19 bits per heavy atom. The molecule has 1 heteroatoms. The van der Waals surface area contributed by atoms with Gasteiger partial charge in [-0.05, 0) is 39.0 Å². The van der Waals surface area contributed by atoms with Crippen LogP contribution in [0.5, 0.6) is 0 Å². The highest BCUT2D eigenvalue weighted by Gasteiger charge is 2.38. The van der Waals surface area contributed by atoms with Crippen LogP contribution in [0.15, 0.2) is 11.1 Å². The molecule has 0 spiro atoms. The highest BCUT2D eigenvalue weighted by atomic mass is 16.3. The molecule has 0 aliphatic heterocycles. The van der Waals surface area contributed by atoms with Crippen molar-refractivity contribution in [1.29, 1.82) is 0 Å². The van der Waals surface area contributed by atoms with Gasteiger partial charge in [-0.1, -0.05) is 77.9 Å². The fourth-order valence-corrected chi connectivity index (χ4v) is 4.05. The van der Waals surface area contributed by atoms with E-state index in [1.165, 1.54) is 38.5 Å². The van der Waals surface area contributed by atoms with Gasteiger partial charge in [0.05, 0.1) is 6.10 Å². The first-order valence-electron chi connectivity index (χ1n) is 9.43. The van der Waals surface area contributed by atoms with E-state index in [4.69, 9.17) is 0 Å².